The largest absolute Gasteiger partial charge is 0.396 e. The van der Waals surface area contributed by atoms with Crippen molar-refractivity contribution in [2.45, 2.75) is 57.0 Å². The van der Waals surface area contributed by atoms with Gasteiger partial charge in [0.1, 0.15) is 0 Å². The number of aliphatic hydroxyl groups is 2. The Bertz CT molecular complexity index is 243. The van der Waals surface area contributed by atoms with E-state index in [2.05, 4.69) is 11.9 Å². The molecule has 100 valence electrons. The fraction of sp³-hybridized carbons (Fsp3) is 1.00. The number of nitrogens with zero attached hydrogens (tertiary/aromatic N) is 1. The van der Waals surface area contributed by atoms with E-state index in [4.69, 9.17) is 0 Å². The molecule has 0 aromatic heterocycles. The topological polar surface area (TPSA) is 43.7 Å². The van der Waals surface area contributed by atoms with Crippen LogP contribution in [0.2, 0.25) is 0 Å². The molecule has 3 nitrogen and oxygen atoms in total. The van der Waals surface area contributed by atoms with Crippen LogP contribution in [-0.4, -0.2) is 47.5 Å². The molecule has 17 heavy (non-hydrogen) atoms. The molecule has 0 aliphatic heterocycles. The zero-order chi connectivity index (χ0) is 12.4. The van der Waals surface area contributed by atoms with Crippen molar-refractivity contribution >= 4 is 0 Å². The second kappa shape index (κ2) is 5.25. The molecule has 0 spiro atoms. The van der Waals surface area contributed by atoms with E-state index in [1.54, 1.807) is 0 Å². The highest BCUT2D eigenvalue weighted by Crippen LogP contribution is 2.39. The zero-order valence-corrected chi connectivity index (χ0v) is 11.1. The van der Waals surface area contributed by atoms with E-state index in [0.29, 0.717) is 6.61 Å². The Hall–Kier alpha value is -0.120. The van der Waals surface area contributed by atoms with Crippen LogP contribution in [0.25, 0.3) is 0 Å². The number of likely N-dealkylation sites (N-methyl/N-ethyl adjacent to an activating group) is 1. The third kappa shape index (κ3) is 3.21. The highest BCUT2D eigenvalue weighted by molar-refractivity contribution is 4.91. The summed E-state index contributed by atoms with van der Waals surface area (Å²) in [6.45, 7) is 2.01. The summed E-state index contributed by atoms with van der Waals surface area (Å²) in [5.74, 6) is 0. The molecule has 3 heteroatoms. The first-order valence-corrected chi connectivity index (χ1v) is 7.09. The SMILES string of the molecule is CN(CC1(O)CCCC1)CC1(CO)CCCC1. The highest BCUT2D eigenvalue weighted by atomic mass is 16.3. The Morgan fingerprint density at radius 1 is 0.941 bits per heavy atom. The van der Waals surface area contributed by atoms with E-state index < -0.39 is 5.60 Å². The molecule has 0 bridgehead atoms. The molecule has 0 aromatic rings. The van der Waals surface area contributed by atoms with Gasteiger partial charge in [-0.3, -0.25) is 0 Å². The van der Waals surface area contributed by atoms with Gasteiger partial charge >= 0.3 is 0 Å². The van der Waals surface area contributed by atoms with E-state index in [9.17, 15) is 10.2 Å². The summed E-state index contributed by atoms with van der Waals surface area (Å²) in [6, 6.07) is 0. The van der Waals surface area contributed by atoms with Gasteiger partial charge in [-0.1, -0.05) is 25.7 Å². The van der Waals surface area contributed by atoms with Crippen molar-refractivity contribution in [1.82, 2.24) is 4.90 Å². The summed E-state index contributed by atoms with van der Waals surface area (Å²) in [4.78, 5) is 2.24. The second-order valence-corrected chi connectivity index (χ2v) is 6.47. The lowest BCUT2D eigenvalue weighted by Crippen LogP contribution is -2.44. The van der Waals surface area contributed by atoms with Crippen LogP contribution >= 0.6 is 0 Å². The predicted octanol–water partition coefficient (Wildman–Crippen LogP) is 1.78. The number of aliphatic hydroxyl groups excluding tert-OH is 1. The summed E-state index contributed by atoms with van der Waals surface area (Å²) in [7, 11) is 2.09. The Labute approximate surface area is 105 Å². The van der Waals surface area contributed by atoms with Crippen LogP contribution < -0.4 is 0 Å². The molecule has 0 radical (unpaired) electrons. The quantitative estimate of drug-likeness (QED) is 0.771. The van der Waals surface area contributed by atoms with Crippen LogP contribution in [0.4, 0.5) is 0 Å². The fourth-order valence-corrected chi connectivity index (χ4v) is 3.81. The van der Waals surface area contributed by atoms with Gasteiger partial charge in [0.25, 0.3) is 0 Å². The van der Waals surface area contributed by atoms with Gasteiger partial charge in [0.15, 0.2) is 0 Å². The molecule has 2 N–H and O–H groups in total. The van der Waals surface area contributed by atoms with Gasteiger partial charge in [0.05, 0.1) is 5.60 Å². The molecule has 2 saturated carbocycles. The minimum atomic E-state index is -0.454. The molecule has 0 unspecified atom stereocenters. The molecule has 0 atom stereocenters. The smallest absolute Gasteiger partial charge is 0.0774 e. The number of hydrogen-bond donors (Lipinski definition) is 2. The molecular weight excluding hydrogens is 214 g/mol. The third-order valence-corrected chi connectivity index (χ3v) is 4.70. The maximum Gasteiger partial charge on any atom is 0.0774 e. The first kappa shape index (κ1) is 13.3. The minimum absolute atomic E-state index is 0.115. The van der Waals surface area contributed by atoms with Crippen LogP contribution in [0, 0.1) is 5.41 Å². The van der Waals surface area contributed by atoms with Crippen LogP contribution in [0.5, 0.6) is 0 Å². The van der Waals surface area contributed by atoms with Crippen molar-refractivity contribution in [1.29, 1.82) is 0 Å². The van der Waals surface area contributed by atoms with Gasteiger partial charge in [-0.25, -0.2) is 0 Å². The van der Waals surface area contributed by atoms with Gasteiger partial charge in [-0.05, 0) is 32.7 Å². The lowest BCUT2D eigenvalue weighted by molar-refractivity contribution is -0.00187. The molecule has 2 aliphatic rings. The summed E-state index contributed by atoms with van der Waals surface area (Å²) in [5.41, 5.74) is -0.340. The molecule has 2 rings (SSSR count). The van der Waals surface area contributed by atoms with Crippen molar-refractivity contribution in [3.05, 3.63) is 0 Å². The maximum absolute atomic E-state index is 10.4. The van der Waals surface area contributed by atoms with E-state index in [1.807, 2.05) is 0 Å². The van der Waals surface area contributed by atoms with Crippen LogP contribution in [0.1, 0.15) is 51.4 Å². The molecule has 0 aromatic carbocycles. The lowest BCUT2D eigenvalue weighted by Gasteiger charge is -2.35. The van der Waals surface area contributed by atoms with Gasteiger partial charge in [0.2, 0.25) is 0 Å². The van der Waals surface area contributed by atoms with Gasteiger partial charge in [0, 0.05) is 25.1 Å². The van der Waals surface area contributed by atoms with E-state index >= 15 is 0 Å². The van der Waals surface area contributed by atoms with Crippen molar-refractivity contribution in [3.8, 4) is 0 Å². The van der Waals surface area contributed by atoms with Gasteiger partial charge in [-0.2, -0.15) is 0 Å². The van der Waals surface area contributed by atoms with Crippen LogP contribution in [0.15, 0.2) is 0 Å². The van der Waals surface area contributed by atoms with Gasteiger partial charge in [-0.15, -0.1) is 0 Å². The normalized spacial score (nSPS) is 26.8. The molecule has 2 aliphatic carbocycles. The molecule has 0 amide bonds. The Morgan fingerprint density at radius 3 is 2.00 bits per heavy atom. The predicted molar refractivity (Wildman–Crippen MR) is 68.9 cm³/mol. The van der Waals surface area contributed by atoms with E-state index in [0.717, 1.165) is 51.6 Å². The first-order chi connectivity index (χ1) is 8.08. The summed E-state index contributed by atoms with van der Waals surface area (Å²) in [6.07, 6.45) is 9.01. The molecule has 0 heterocycles. The zero-order valence-electron chi connectivity index (χ0n) is 11.1. The standard InChI is InChI=1S/C14H27NO2/c1-15(11-14(17)8-4-5-9-14)10-13(12-16)6-2-3-7-13/h16-17H,2-12H2,1H3. The summed E-state index contributed by atoms with van der Waals surface area (Å²) >= 11 is 0. The summed E-state index contributed by atoms with van der Waals surface area (Å²) < 4.78 is 0. The lowest BCUT2D eigenvalue weighted by atomic mass is 9.86. The number of rotatable bonds is 5. The van der Waals surface area contributed by atoms with E-state index in [-0.39, 0.29) is 5.41 Å². The highest BCUT2D eigenvalue weighted by Gasteiger charge is 2.37. The first-order valence-electron chi connectivity index (χ1n) is 7.09. The van der Waals surface area contributed by atoms with Crippen molar-refractivity contribution in [2.24, 2.45) is 5.41 Å². The average Bonchev–Trinajstić information content (AvgIpc) is 2.88. The third-order valence-electron chi connectivity index (χ3n) is 4.70. The fourth-order valence-electron chi connectivity index (χ4n) is 3.81. The van der Waals surface area contributed by atoms with Crippen LogP contribution in [-0.2, 0) is 0 Å². The average molecular weight is 241 g/mol. The monoisotopic (exact) mass is 241 g/mol. The maximum atomic E-state index is 10.4. The van der Waals surface area contributed by atoms with Crippen LogP contribution in [0.3, 0.4) is 0 Å². The second-order valence-electron chi connectivity index (χ2n) is 6.47. The molecule has 2 fully saturated rings. The molecular formula is C14H27NO2. The van der Waals surface area contributed by atoms with E-state index in [1.165, 1.54) is 12.8 Å². The van der Waals surface area contributed by atoms with Crippen molar-refractivity contribution in [3.63, 3.8) is 0 Å². The van der Waals surface area contributed by atoms with Gasteiger partial charge < -0.3 is 15.1 Å². The van der Waals surface area contributed by atoms with Crippen molar-refractivity contribution < 1.29 is 10.2 Å². The van der Waals surface area contributed by atoms with Crippen molar-refractivity contribution in [2.75, 3.05) is 26.7 Å². The number of hydrogen-bond acceptors (Lipinski definition) is 3. The Morgan fingerprint density at radius 2 is 1.47 bits per heavy atom. The Balaban J connectivity index is 1.85. The Kier molecular flexibility index (Phi) is 4.11. The summed E-state index contributed by atoms with van der Waals surface area (Å²) in [5, 5.41) is 20.0. The molecule has 0 saturated heterocycles. The minimum Gasteiger partial charge on any atom is -0.396 e.